The number of amides is 2. The lowest BCUT2D eigenvalue weighted by Crippen LogP contribution is -2.30. The average Bonchev–Trinajstić information content (AvgIpc) is 3.08. The van der Waals surface area contributed by atoms with Gasteiger partial charge in [0.2, 0.25) is 5.91 Å². The van der Waals surface area contributed by atoms with Gasteiger partial charge in [-0.3, -0.25) is 14.4 Å². The Morgan fingerprint density at radius 1 is 1.15 bits per heavy atom. The highest BCUT2D eigenvalue weighted by molar-refractivity contribution is 5.98. The van der Waals surface area contributed by atoms with E-state index in [1.54, 1.807) is 54.3 Å². The van der Waals surface area contributed by atoms with E-state index < -0.39 is 6.10 Å². The van der Waals surface area contributed by atoms with Gasteiger partial charge in [0.05, 0.1) is 0 Å². The standard InChI is InChI=1S/C21H22N2O4/c1-14(24)16-6-3-9-19(12-16)27-15(2)21(26)22-17-7-4-8-18(13-17)23-11-5-10-20(23)25/h3-4,6-9,12-13,15H,5,10-11H2,1-2H3,(H,22,26). The maximum atomic E-state index is 12.4. The lowest BCUT2D eigenvalue weighted by molar-refractivity contribution is -0.122. The molecule has 1 aliphatic rings. The first-order valence-electron chi connectivity index (χ1n) is 8.93. The molecule has 3 rings (SSSR count). The van der Waals surface area contributed by atoms with Crippen molar-refractivity contribution in [3.63, 3.8) is 0 Å². The molecule has 27 heavy (non-hydrogen) atoms. The van der Waals surface area contributed by atoms with Gasteiger partial charge in [0.25, 0.3) is 5.91 Å². The summed E-state index contributed by atoms with van der Waals surface area (Å²) in [4.78, 5) is 37.5. The average molecular weight is 366 g/mol. The molecule has 1 aliphatic heterocycles. The second kappa shape index (κ2) is 8.03. The summed E-state index contributed by atoms with van der Waals surface area (Å²) in [5.41, 5.74) is 1.91. The van der Waals surface area contributed by atoms with Crippen molar-refractivity contribution >= 4 is 29.0 Å². The Labute approximate surface area is 158 Å². The Balaban J connectivity index is 1.65. The number of anilines is 2. The topological polar surface area (TPSA) is 75.7 Å². The molecule has 2 aromatic rings. The number of hydrogen-bond acceptors (Lipinski definition) is 4. The van der Waals surface area contributed by atoms with E-state index in [-0.39, 0.29) is 17.6 Å². The second-order valence-electron chi connectivity index (χ2n) is 6.53. The van der Waals surface area contributed by atoms with Crippen molar-refractivity contribution in [2.45, 2.75) is 32.8 Å². The van der Waals surface area contributed by atoms with E-state index in [0.717, 1.165) is 12.1 Å². The molecule has 0 radical (unpaired) electrons. The first-order valence-corrected chi connectivity index (χ1v) is 8.93. The van der Waals surface area contributed by atoms with Gasteiger partial charge in [-0.05, 0) is 50.6 Å². The molecule has 0 aromatic heterocycles. The van der Waals surface area contributed by atoms with Crippen LogP contribution in [0.15, 0.2) is 48.5 Å². The summed E-state index contributed by atoms with van der Waals surface area (Å²) >= 11 is 0. The molecule has 2 amide bonds. The van der Waals surface area contributed by atoms with E-state index in [9.17, 15) is 14.4 Å². The Morgan fingerprint density at radius 3 is 2.63 bits per heavy atom. The molecule has 1 fully saturated rings. The van der Waals surface area contributed by atoms with Gasteiger partial charge in [-0.1, -0.05) is 18.2 Å². The molecule has 2 aromatic carbocycles. The number of ketones is 1. The molecule has 1 N–H and O–H groups in total. The quantitative estimate of drug-likeness (QED) is 0.795. The van der Waals surface area contributed by atoms with E-state index in [4.69, 9.17) is 4.74 Å². The molecule has 6 heteroatoms. The summed E-state index contributed by atoms with van der Waals surface area (Å²) in [5, 5.41) is 2.81. The second-order valence-corrected chi connectivity index (χ2v) is 6.53. The predicted molar refractivity (Wildman–Crippen MR) is 103 cm³/mol. The first kappa shape index (κ1) is 18.6. The van der Waals surface area contributed by atoms with Gasteiger partial charge in [-0.25, -0.2) is 0 Å². The van der Waals surface area contributed by atoms with Crippen LogP contribution in [-0.2, 0) is 9.59 Å². The molecular weight excluding hydrogens is 344 g/mol. The molecule has 0 aliphatic carbocycles. The van der Waals surface area contributed by atoms with Crippen molar-refractivity contribution in [1.82, 2.24) is 0 Å². The molecule has 140 valence electrons. The van der Waals surface area contributed by atoms with Crippen molar-refractivity contribution in [3.8, 4) is 5.75 Å². The highest BCUT2D eigenvalue weighted by Gasteiger charge is 2.22. The zero-order valence-electron chi connectivity index (χ0n) is 15.4. The maximum absolute atomic E-state index is 12.4. The summed E-state index contributed by atoms with van der Waals surface area (Å²) in [6.45, 7) is 3.82. The van der Waals surface area contributed by atoms with Crippen LogP contribution in [0.5, 0.6) is 5.75 Å². The van der Waals surface area contributed by atoms with Gasteiger partial charge in [0, 0.05) is 29.9 Å². The van der Waals surface area contributed by atoms with Gasteiger partial charge in [-0.2, -0.15) is 0 Å². The van der Waals surface area contributed by atoms with Gasteiger partial charge in [0.15, 0.2) is 11.9 Å². The number of ether oxygens (including phenoxy) is 1. The Morgan fingerprint density at radius 2 is 1.93 bits per heavy atom. The van der Waals surface area contributed by atoms with Crippen LogP contribution >= 0.6 is 0 Å². The summed E-state index contributed by atoms with van der Waals surface area (Å²) in [6.07, 6.45) is 0.657. The first-order chi connectivity index (χ1) is 12.9. The SMILES string of the molecule is CC(=O)c1cccc(OC(C)C(=O)Nc2cccc(N3CCCC3=O)c2)c1. The summed E-state index contributed by atoms with van der Waals surface area (Å²) < 4.78 is 5.66. The number of carbonyl (C=O) groups is 3. The van der Waals surface area contributed by atoms with Gasteiger partial charge in [0.1, 0.15) is 5.75 Å². The number of Topliss-reactive ketones (excluding diaryl/α,β-unsaturated/α-hetero) is 1. The third kappa shape index (κ3) is 4.53. The minimum atomic E-state index is -0.746. The van der Waals surface area contributed by atoms with Crippen molar-refractivity contribution in [2.24, 2.45) is 0 Å². The number of benzene rings is 2. The van der Waals surface area contributed by atoms with E-state index in [1.165, 1.54) is 6.92 Å². The number of nitrogens with one attached hydrogen (secondary N) is 1. The largest absolute Gasteiger partial charge is 0.481 e. The van der Waals surface area contributed by atoms with Gasteiger partial charge in [-0.15, -0.1) is 0 Å². The third-order valence-corrected chi connectivity index (χ3v) is 4.42. The van der Waals surface area contributed by atoms with Crippen LogP contribution < -0.4 is 15.0 Å². The van der Waals surface area contributed by atoms with E-state index in [2.05, 4.69) is 5.32 Å². The number of carbonyl (C=O) groups excluding carboxylic acids is 3. The van der Waals surface area contributed by atoms with E-state index in [0.29, 0.717) is 30.0 Å². The molecule has 1 unspecified atom stereocenters. The fraction of sp³-hybridized carbons (Fsp3) is 0.286. The Hall–Kier alpha value is -3.15. The lowest BCUT2D eigenvalue weighted by atomic mass is 10.1. The molecule has 1 heterocycles. The summed E-state index contributed by atoms with van der Waals surface area (Å²) in [6, 6.07) is 13.9. The molecule has 6 nitrogen and oxygen atoms in total. The fourth-order valence-corrected chi connectivity index (χ4v) is 2.96. The molecule has 0 saturated carbocycles. The zero-order valence-corrected chi connectivity index (χ0v) is 15.4. The predicted octanol–water partition coefficient (Wildman–Crippen LogP) is 3.42. The molecule has 1 atom stereocenters. The van der Waals surface area contributed by atoms with Crippen LogP contribution in [0.1, 0.15) is 37.0 Å². The highest BCUT2D eigenvalue weighted by Crippen LogP contribution is 2.24. The van der Waals surface area contributed by atoms with Crippen LogP contribution in [0.4, 0.5) is 11.4 Å². The fourth-order valence-electron chi connectivity index (χ4n) is 2.96. The minimum Gasteiger partial charge on any atom is -0.481 e. The van der Waals surface area contributed by atoms with Crippen molar-refractivity contribution in [3.05, 3.63) is 54.1 Å². The van der Waals surface area contributed by atoms with Crippen molar-refractivity contribution < 1.29 is 19.1 Å². The minimum absolute atomic E-state index is 0.0640. The molecular formula is C21H22N2O4. The van der Waals surface area contributed by atoms with E-state index >= 15 is 0 Å². The van der Waals surface area contributed by atoms with Crippen molar-refractivity contribution in [2.75, 3.05) is 16.8 Å². The van der Waals surface area contributed by atoms with Crippen LogP contribution in [-0.4, -0.2) is 30.2 Å². The number of rotatable bonds is 6. The number of nitrogens with zero attached hydrogens (tertiary/aromatic N) is 1. The normalized spacial score (nSPS) is 14.7. The van der Waals surface area contributed by atoms with Gasteiger partial charge < -0.3 is 15.0 Å². The maximum Gasteiger partial charge on any atom is 0.265 e. The third-order valence-electron chi connectivity index (χ3n) is 4.42. The Bertz CT molecular complexity index is 878. The summed E-state index contributed by atoms with van der Waals surface area (Å²) in [7, 11) is 0. The highest BCUT2D eigenvalue weighted by atomic mass is 16.5. The monoisotopic (exact) mass is 366 g/mol. The van der Waals surface area contributed by atoms with Crippen LogP contribution in [0, 0.1) is 0 Å². The summed E-state index contributed by atoms with van der Waals surface area (Å²) in [5.74, 6) is 0.182. The smallest absolute Gasteiger partial charge is 0.265 e. The van der Waals surface area contributed by atoms with Crippen molar-refractivity contribution in [1.29, 1.82) is 0 Å². The van der Waals surface area contributed by atoms with Crippen LogP contribution in [0.3, 0.4) is 0 Å². The van der Waals surface area contributed by atoms with Gasteiger partial charge >= 0.3 is 0 Å². The molecule has 0 bridgehead atoms. The zero-order chi connectivity index (χ0) is 19.4. The Kier molecular flexibility index (Phi) is 5.54. The van der Waals surface area contributed by atoms with Crippen LogP contribution in [0.2, 0.25) is 0 Å². The van der Waals surface area contributed by atoms with E-state index in [1.807, 2.05) is 6.07 Å². The number of hydrogen-bond donors (Lipinski definition) is 1. The molecule has 1 saturated heterocycles. The molecule has 0 spiro atoms. The van der Waals surface area contributed by atoms with Crippen LogP contribution in [0.25, 0.3) is 0 Å². The lowest BCUT2D eigenvalue weighted by Gasteiger charge is -2.18.